The Labute approximate surface area is 154 Å². The van der Waals surface area contributed by atoms with Crippen molar-refractivity contribution in [3.8, 4) is 0 Å². The van der Waals surface area contributed by atoms with Crippen molar-refractivity contribution in [2.45, 2.75) is 37.6 Å². The van der Waals surface area contributed by atoms with Gasteiger partial charge < -0.3 is 11.1 Å². The lowest BCUT2D eigenvalue weighted by Gasteiger charge is -2.12. The van der Waals surface area contributed by atoms with Gasteiger partial charge in [-0.15, -0.1) is 0 Å². The summed E-state index contributed by atoms with van der Waals surface area (Å²) in [5, 5.41) is 2.83. The van der Waals surface area contributed by atoms with Crippen LogP contribution in [0.25, 0.3) is 0 Å². The fourth-order valence-corrected chi connectivity index (χ4v) is 3.64. The second kappa shape index (κ2) is 8.82. The molecule has 7 heteroatoms. The molecular weight excluding hydrogens is 350 g/mol. The molecule has 1 amide bonds. The minimum Gasteiger partial charge on any atom is -0.399 e. The van der Waals surface area contributed by atoms with E-state index in [-0.39, 0.29) is 16.8 Å². The molecule has 0 radical (unpaired) electrons. The van der Waals surface area contributed by atoms with Gasteiger partial charge in [0, 0.05) is 23.8 Å². The van der Waals surface area contributed by atoms with E-state index < -0.39 is 10.0 Å². The van der Waals surface area contributed by atoms with Crippen molar-refractivity contribution in [1.82, 2.24) is 10.0 Å². The third-order valence-electron chi connectivity index (χ3n) is 4.07. The lowest BCUT2D eigenvalue weighted by molar-refractivity contribution is 0.0954. The molecule has 26 heavy (non-hydrogen) atoms. The number of nitrogen functional groups attached to an aromatic ring is 1. The van der Waals surface area contributed by atoms with Crippen molar-refractivity contribution in [1.29, 1.82) is 0 Å². The molecular formula is C19H25N3O3S. The Balaban J connectivity index is 1.92. The molecule has 0 bridgehead atoms. The minimum absolute atomic E-state index is 0.142. The molecule has 1 unspecified atom stereocenters. The third-order valence-corrected chi connectivity index (χ3v) is 5.68. The van der Waals surface area contributed by atoms with Gasteiger partial charge in [0.25, 0.3) is 5.91 Å². The Morgan fingerprint density at radius 2 is 1.69 bits per heavy atom. The molecule has 0 aliphatic carbocycles. The Morgan fingerprint density at radius 3 is 2.27 bits per heavy atom. The molecule has 0 saturated heterocycles. The zero-order valence-electron chi connectivity index (χ0n) is 15.0. The van der Waals surface area contributed by atoms with Crippen molar-refractivity contribution in [2.75, 3.05) is 12.3 Å². The van der Waals surface area contributed by atoms with Gasteiger partial charge in [-0.2, -0.15) is 0 Å². The van der Waals surface area contributed by atoms with Gasteiger partial charge in [0.05, 0.1) is 4.90 Å². The van der Waals surface area contributed by atoms with E-state index in [2.05, 4.69) is 10.0 Å². The number of anilines is 1. The topological polar surface area (TPSA) is 101 Å². The van der Waals surface area contributed by atoms with Crippen LogP contribution in [0.2, 0.25) is 0 Å². The summed E-state index contributed by atoms with van der Waals surface area (Å²) < 4.78 is 27.0. The summed E-state index contributed by atoms with van der Waals surface area (Å²) in [5.74, 6) is -0.237. The molecule has 2 rings (SSSR count). The summed E-state index contributed by atoms with van der Waals surface area (Å²) in [6, 6.07) is 13.3. The van der Waals surface area contributed by atoms with E-state index in [1.54, 1.807) is 6.92 Å². The van der Waals surface area contributed by atoms with Crippen LogP contribution in [0.5, 0.6) is 0 Å². The summed E-state index contributed by atoms with van der Waals surface area (Å²) in [7, 11) is -3.56. The van der Waals surface area contributed by atoms with Crippen molar-refractivity contribution in [2.24, 2.45) is 0 Å². The average Bonchev–Trinajstić information content (AvgIpc) is 2.63. The maximum absolute atomic E-state index is 12.2. The van der Waals surface area contributed by atoms with Crippen LogP contribution in [0.4, 0.5) is 5.69 Å². The van der Waals surface area contributed by atoms with E-state index in [4.69, 9.17) is 5.73 Å². The summed E-state index contributed by atoms with van der Waals surface area (Å²) in [4.78, 5) is 12.3. The van der Waals surface area contributed by atoms with Gasteiger partial charge >= 0.3 is 0 Å². The lowest BCUT2D eigenvalue weighted by atomic mass is 10.1. The van der Waals surface area contributed by atoms with Crippen molar-refractivity contribution in [3.05, 3.63) is 59.7 Å². The van der Waals surface area contributed by atoms with Gasteiger partial charge in [-0.3, -0.25) is 4.79 Å². The smallest absolute Gasteiger partial charge is 0.251 e. The fourth-order valence-electron chi connectivity index (χ4n) is 2.31. The molecule has 0 aliphatic rings. The lowest BCUT2D eigenvalue weighted by Crippen LogP contribution is -2.32. The van der Waals surface area contributed by atoms with E-state index in [0.29, 0.717) is 30.6 Å². The Hall–Kier alpha value is -2.38. The van der Waals surface area contributed by atoms with Crippen molar-refractivity contribution < 1.29 is 13.2 Å². The maximum Gasteiger partial charge on any atom is 0.251 e. The van der Waals surface area contributed by atoms with Crippen LogP contribution in [0.3, 0.4) is 0 Å². The molecule has 2 aromatic rings. The molecule has 0 aromatic heterocycles. The predicted molar refractivity (Wildman–Crippen MR) is 103 cm³/mol. The highest BCUT2D eigenvalue weighted by atomic mass is 32.2. The van der Waals surface area contributed by atoms with Crippen molar-refractivity contribution >= 4 is 21.6 Å². The second-order valence-electron chi connectivity index (χ2n) is 6.20. The summed E-state index contributed by atoms with van der Waals surface area (Å²) >= 11 is 0. The number of carbonyl (C=O) groups is 1. The first-order valence-corrected chi connectivity index (χ1v) is 10.0. The number of rotatable bonds is 8. The molecule has 140 valence electrons. The first-order chi connectivity index (χ1) is 12.3. The Bertz CT molecular complexity index is 831. The molecule has 1 atom stereocenters. The standard InChI is InChI=1S/C19H25N3O3S/c1-3-14(2)22-26(24,25)18-10-6-16(7-11-18)19(23)21-13-12-15-4-8-17(20)9-5-15/h4-11,14,22H,3,12-13,20H2,1-2H3,(H,21,23). The number of amides is 1. The third kappa shape index (κ3) is 5.57. The molecule has 4 N–H and O–H groups in total. The van der Waals surface area contributed by atoms with Gasteiger partial charge in [0.15, 0.2) is 0 Å². The SMILES string of the molecule is CCC(C)NS(=O)(=O)c1ccc(C(=O)NCCc2ccc(N)cc2)cc1. The average molecular weight is 375 g/mol. The van der Waals surface area contributed by atoms with Crippen molar-refractivity contribution in [3.63, 3.8) is 0 Å². The van der Waals surface area contributed by atoms with Gasteiger partial charge in [0.2, 0.25) is 10.0 Å². The molecule has 0 saturated carbocycles. The van der Waals surface area contributed by atoms with Crippen LogP contribution >= 0.6 is 0 Å². The fraction of sp³-hybridized carbons (Fsp3) is 0.316. The summed E-state index contributed by atoms with van der Waals surface area (Å²) in [5.41, 5.74) is 7.85. The summed E-state index contributed by atoms with van der Waals surface area (Å²) in [6.45, 7) is 4.20. The van der Waals surface area contributed by atoms with Gasteiger partial charge in [-0.1, -0.05) is 19.1 Å². The monoisotopic (exact) mass is 375 g/mol. The van der Waals surface area contributed by atoms with Crippen LogP contribution < -0.4 is 15.8 Å². The first kappa shape index (κ1) is 19.9. The van der Waals surface area contributed by atoms with E-state index in [0.717, 1.165) is 5.56 Å². The molecule has 0 spiro atoms. The van der Waals surface area contributed by atoms with Gasteiger partial charge in [-0.05, 0) is 61.7 Å². The van der Waals surface area contributed by atoms with Gasteiger partial charge in [0.1, 0.15) is 0 Å². The minimum atomic E-state index is -3.56. The highest BCUT2D eigenvalue weighted by Crippen LogP contribution is 2.12. The Kier molecular flexibility index (Phi) is 6.76. The largest absolute Gasteiger partial charge is 0.399 e. The van der Waals surface area contributed by atoms with E-state index in [1.165, 1.54) is 24.3 Å². The van der Waals surface area contributed by atoms with Crippen LogP contribution in [0.15, 0.2) is 53.4 Å². The number of sulfonamides is 1. The van der Waals surface area contributed by atoms with Crippen LogP contribution in [-0.2, 0) is 16.4 Å². The first-order valence-electron chi connectivity index (χ1n) is 8.57. The Morgan fingerprint density at radius 1 is 1.08 bits per heavy atom. The number of nitrogens with two attached hydrogens (primary N) is 1. The second-order valence-corrected chi connectivity index (χ2v) is 7.92. The zero-order chi connectivity index (χ0) is 19.2. The number of carbonyl (C=O) groups excluding carboxylic acids is 1. The molecule has 0 fully saturated rings. The number of nitrogens with one attached hydrogen (secondary N) is 2. The van der Waals surface area contributed by atoms with Crippen LogP contribution in [0, 0.1) is 0 Å². The highest BCUT2D eigenvalue weighted by Gasteiger charge is 2.17. The normalized spacial score (nSPS) is 12.5. The number of hydrogen-bond donors (Lipinski definition) is 3. The van der Waals surface area contributed by atoms with E-state index in [1.807, 2.05) is 31.2 Å². The maximum atomic E-state index is 12.2. The van der Waals surface area contributed by atoms with E-state index >= 15 is 0 Å². The van der Waals surface area contributed by atoms with E-state index in [9.17, 15) is 13.2 Å². The molecule has 0 aliphatic heterocycles. The summed E-state index contributed by atoms with van der Waals surface area (Å²) in [6.07, 6.45) is 1.39. The van der Waals surface area contributed by atoms with Gasteiger partial charge in [-0.25, -0.2) is 13.1 Å². The predicted octanol–water partition coefficient (Wildman–Crippen LogP) is 2.32. The highest BCUT2D eigenvalue weighted by molar-refractivity contribution is 7.89. The molecule has 2 aromatic carbocycles. The molecule has 0 heterocycles. The number of benzene rings is 2. The van der Waals surface area contributed by atoms with Crippen LogP contribution in [0.1, 0.15) is 36.2 Å². The number of hydrogen-bond acceptors (Lipinski definition) is 4. The molecule has 6 nitrogen and oxygen atoms in total. The zero-order valence-corrected chi connectivity index (χ0v) is 15.8. The van der Waals surface area contributed by atoms with Crippen LogP contribution in [-0.4, -0.2) is 26.9 Å². The quantitative estimate of drug-likeness (QED) is 0.616.